The Morgan fingerprint density at radius 1 is 0.857 bits per heavy atom. The second-order valence-corrected chi connectivity index (χ2v) is 8.79. The summed E-state index contributed by atoms with van der Waals surface area (Å²) < 4.78 is 0. The Labute approximate surface area is 168 Å². The zero-order valence-corrected chi connectivity index (χ0v) is 16.8. The fourth-order valence-electron chi connectivity index (χ4n) is 5.43. The van der Waals surface area contributed by atoms with Crippen LogP contribution in [0.1, 0.15) is 56.1 Å². The largest absolute Gasteiger partial charge is 0.371 e. The summed E-state index contributed by atoms with van der Waals surface area (Å²) in [5.41, 5.74) is 5.68. The Hall–Kier alpha value is -2.29. The molecule has 2 aliphatic heterocycles. The molecule has 3 heteroatoms. The number of amidine groups is 1. The second-order valence-electron chi connectivity index (χ2n) is 8.79. The van der Waals surface area contributed by atoms with Crippen LogP contribution in [0, 0.1) is 5.41 Å². The maximum atomic E-state index is 5.24. The van der Waals surface area contributed by atoms with Crippen LogP contribution in [-0.2, 0) is 13.0 Å². The van der Waals surface area contributed by atoms with Crippen molar-refractivity contribution in [1.82, 2.24) is 0 Å². The van der Waals surface area contributed by atoms with Crippen LogP contribution < -0.4 is 10.2 Å². The Morgan fingerprint density at radius 3 is 2.46 bits per heavy atom. The molecule has 1 saturated heterocycles. The molecule has 3 nitrogen and oxygen atoms in total. The normalized spacial score (nSPS) is 22.3. The molecule has 1 N–H and O–H groups in total. The van der Waals surface area contributed by atoms with Gasteiger partial charge in [0.1, 0.15) is 5.84 Å². The molecule has 2 aromatic carbocycles. The monoisotopic (exact) mass is 373 g/mol. The van der Waals surface area contributed by atoms with Gasteiger partial charge in [0.05, 0.1) is 6.54 Å². The highest BCUT2D eigenvalue weighted by atomic mass is 15.1. The molecule has 0 radical (unpaired) electrons. The van der Waals surface area contributed by atoms with Gasteiger partial charge in [-0.3, -0.25) is 4.99 Å². The molecule has 3 aliphatic rings. The minimum atomic E-state index is 0.217. The number of anilines is 2. The van der Waals surface area contributed by atoms with Crippen molar-refractivity contribution in [3.8, 4) is 0 Å². The SMILES string of the molecule is c1ccc2c(c1)CC1(CCCCC1)C(=NCc1ccccc1N1CCCC1)N2. The molecule has 5 rings (SSSR count). The molecule has 2 fully saturated rings. The van der Waals surface area contributed by atoms with Crippen molar-refractivity contribution in [1.29, 1.82) is 0 Å². The first-order valence-corrected chi connectivity index (χ1v) is 11.1. The third kappa shape index (κ3) is 3.32. The minimum absolute atomic E-state index is 0.217. The van der Waals surface area contributed by atoms with E-state index >= 15 is 0 Å². The van der Waals surface area contributed by atoms with E-state index in [0.717, 1.165) is 13.0 Å². The van der Waals surface area contributed by atoms with Gasteiger partial charge < -0.3 is 10.2 Å². The van der Waals surface area contributed by atoms with Gasteiger partial charge in [-0.25, -0.2) is 0 Å². The third-order valence-corrected chi connectivity index (χ3v) is 6.96. The fraction of sp³-hybridized carbons (Fsp3) is 0.480. The van der Waals surface area contributed by atoms with E-state index < -0.39 is 0 Å². The van der Waals surface area contributed by atoms with Crippen LogP contribution in [-0.4, -0.2) is 18.9 Å². The predicted molar refractivity (Wildman–Crippen MR) is 118 cm³/mol. The quantitative estimate of drug-likeness (QED) is 0.736. The average molecular weight is 374 g/mol. The van der Waals surface area contributed by atoms with Crippen molar-refractivity contribution in [2.75, 3.05) is 23.3 Å². The highest BCUT2D eigenvalue weighted by molar-refractivity contribution is 6.02. The first-order valence-electron chi connectivity index (χ1n) is 11.1. The number of nitrogens with zero attached hydrogens (tertiary/aromatic N) is 2. The van der Waals surface area contributed by atoms with Gasteiger partial charge >= 0.3 is 0 Å². The lowest BCUT2D eigenvalue weighted by atomic mass is 9.67. The number of aliphatic imine (C=N–C) groups is 1. The van der Waals surface area contributed by atoms with Gasteiger partial charge in [-0.2, -0.15) is 0 Å². The molecule has 1 aliphatic carbocycles. The molecule has 2 aromatic rings. The van der Waals surface area contributed by atoms with Crippen LogP contribution in [0.5, 0.6) is 0 Å². The second kappa shape index (κ2) is 7.62. The molecule has 0 bridgehead atoms. The molecule has 0 unspecified atom stereocenters. The average Bonchev–Trinajstić information content (AvgIpc) is 3.28. The smallest absolute Gasteiger partial charge is 0.108 e. The van der Waals surface area contributed by atoms with Gasteiger partial charge in [0.2, 0.25) is 0 Å². The van der Waals surface area contributed by atoms with Crippen LogP contribution in [0.4, 0.5) is 11.4 Å². The molecular weight excluding hydrogens is 342 g/mol. The van der Waals surface area contributed by atoms with Gasteiger partial charge in [-0.05, 0) is 55.4 Å². The summed E-state index contributed by atoms with van der Waals surface area (Å²) in [5.74, 6) is 1.24. The number of hydrogen-bond acceptors (Lipinski definition) is 2. The van der Waals surface area contributed by atoms with Gasteiger partial charge in [0.15, 0.2) is 0 Å². The van der Waals surface area contributed by atoms with Crippen LogP contribution in [0.3, 0.4) is 0 Å². The van der Waals surface area contributed by atoms with Crippen LogP contribution in [0.2, 0.25) is 0 Å². The Bertz CT molecular complexity index is 858. The fourth-order valence-corrected chi connectivity index (χ4v) is 5.43. The first kappa shape index (κ1) is 17.8. The molecule has 146 valence electrons. The first-order chi connectivity index (χ1) is 13.8. The van der Waals surface area contributed by atoms with Gasteiger partial charge in [0.25, 0.3) is 0 Å². The summed E-state index contributed by atoms with van der Waals surface area (Å²) in [6.07, 6.45) is 10.3. The molecule has 28 heavy (non-hydrogen) atoms. The van der Waals surface area contributed by atoms with E-state index in [4.69, 9.17) is 4.99 Å². The summed E-state index contributed by atoms with van der Waals surface area (Å²) in [7, 11) is 0. The van der Waals surface area contributed by atoms with Gasteiger partial charge in [-0.15, -0.1) is 0 Å². The van der Waals surface area contributed by atoms with Crippen LogP contribution in [0.15, 0.2) is 53.5 Å². The summed E-state index contributed by atoms with van der Waals surface area (Å²) in [5, 5.41) is 3.75. The lowest BCUT2D eigenvalue weighted by Gasteiger charge is -2.42. The highest BCUT2D eigenvalue weighted by Gasteiger charge is 2.40. The topological polar surface area (TPSA) is 27.6 Å². The van der Waals surface area contributed by atoms with Gasteiger partial charge in [-0.1, -0.05) is 55.7 Å². The zero-order valence-electron chi connectivity index (χ0n) is 16.8. The van der Waals surface area contributed by atoms with Crippen molar-refractivity contribution in [2.45, 2.75) is 57.9 Å². The number of para-hydroxylation sites is 2. The lowest BCUT2D eigenvalue weighted by Crippen LogP contribution is -2.43. The number of nitrogens with one attached hydrogen (secondary N) is 1. The van der Waals surface area contributed by atoms with E-state index in [0.29, 0.717) is 0 Å². The minimum Gasteiger partial charge on any atom is -0.371 e. The summed E-state index contributed by atoms with van der Waals surface area (Å²) in [6.45, 7) is 3.14. The van der Waals surface area contributed by atoms with Crippen molar-refractivity contribution < 1.29 is 0 Å². The van der Waals surface area contributed by atoms with E-state index in [-0.39, 0.29) is 5.41 Å². The third-order valence-electron chi connectivity index (χ3n) is 6.96. The number of hydrogen-bond donors (Lipinski definition) is 1. The van der Waals surface area contributed by atoms with Crippen molar-refractivity contribution in [2.24, 2.45) is 10.4 Å². The molecule has 0 aromatic heterocycles. The summed E-state index contributed by atoms with van der Waals surface area (Å²) >= 11 is 0. The lowest BCUT2D eigenvalue weighted by molar-refractivity contribution is 0.278. The molecule has 0 amide bonds. The van der Waals surface area contributed by atoms with E-state index in [1.807, 2.05) is 0 Å². The zero-order chi connectivity index (χ0) is 18.8. The van der Waals surface area contributed by atoms with Gasteiger partial charge in [0, 0.05) is 29.9 Å². The number of benzene rings is 2. The Balaban J connectivity index is 1.46. The maximum Gasteiger partial charge on any atom is 0.108 e. The molecule has 1 saturated carbocycles. The van der Waals surface area contributed by atoms with E-state index in [1.165, 1.54) is 86.4 Å². The molecular formula is C25H31N3. The summed E-state index contributed by atoms with van der Waals surface area (Å²) in [6, 6.07) is 17.7. The van der Waals surface area contributed by atoms with Crippen LogP contribution in [0.25, 0.3) is 0 Å². The molecule has 0 atom stereocenters. The highest BCUT2D eigenvalue weighted by Crippen LogP contribution is 2.45. The van der Waals surface area contributed by atoms with Crippen molar-refractivity contribution >= 4 is 17.2 Å². The van der Waals surface area contributed by atoms with Crippen molar-refractivity contribution in [3.05, 3.63) is 59.7 Å². The van der Waals surface area contributed by atoms with Crippen LogP contribution >= 0.6 is 0 Å². The molecule has 2 heterocycles. The number of fused-ring (bicyclic) bond motifs is 1. The summed E-state index contributed by atoms with van der Waals surface area (Å²) in [4.78, 5) is 7.78. The van der Waals surface area contributed by atoms with E-state index in [9.17, 15) is 0 Å². The Morgan fingerprint density at radius 2 is 1.61 bits per heavy atom. The molecule has 1 spiro atoms. The van der Waals surface area contributed by atoms with E-state index in [2.05, 4.69) is 58.7 Å². The Kier molecular flexibility index (Phi) is 4.84. The predicted octanol–water partition coefficient (Wildman–Crippen LogP) is 5.80. The standard InChI is InChI=1S/C25H31N3/c1-6-14-25(15-7-1)18-20-10-2-4-12-22(20)27-24(25)26-19-21-11-3-5-13-23(21)28-16-8-9-17-28/h2-5,10-13H,1,6-9,14-19H2,(H,26,27). The number of rotatable bonds is 3. The van der Waals surface area contributed by atoms with Crippen molar-refractivity contribution in [3.63, 3.8) is 0 Å². The van der Waals surface area contributed by atoms with E-state index in [1.54, 1.807) is 0 Å². The maximum absolute atomic E-state index is 5.24.